The van der Waals surface area contributed by atoms with Gasteiger partial charge in [0.1, 0.15) is 5.82 Å². The Morgan fingerprint density at radius 2 is 1.69 bits per heavy atom. The number of carbonyl (C=O) groups excluding carboxylic acids is 3. The molecule has 1 fully saturated rings. The highest BCUT2D eigenvalue weighted by atomic mass is 16.3. The Bertz CT molecular complexity index is 1560. The van der Waals surface area contributed by atoms with Crippen LogP contribution in [0, 0.1) is 12.8 Å². The number of hydrogen-bond donors (Lipinski definition) is 2. The van der Waals surface area contributed by atoms with Gasteiger partial charge in [-0.15, -0.1) is 0 Å². The van der Waals surface area contributed by atoms with Crippen molar-refractivity contribution in [3.05, 3.63) is 95.6 Å². The van der Waals surface area contributed by atoms with Crippen LogP contribution in [0.5, 0.6) is 0 Å². The summed E-state index contributed by atoms with van der Waals surface area (Å²) in [5, 5.41) is 10.7. The van der Waals surface area contributed by atoms with E-state index in [1.165, 1.54) is 12.3 Å². The molecule has 42 heavy (non-hydrogen) atoms. The highest BCUT2D eigenvalue weighted by molar-refractivity contribution is 6.41. The minimum Gasteiger partial charge on any atom is -0.461 e. The standard InChI is InChI=1S/C33H37N5O4/c1-22-10-12-26(13-11-22)38-29(21-28(36-38)33(2,3)4)35-32(41)34-25-8-5-7-24(20-25)19-23-14-16-37(17-15-23)31(40)30(39)27-9-6-18-42-27/h5-13,18,20-21,23H,14-17,19H2,1-4H3,(H2,34,35,41). The van der Waals surface area contributed by atoms with Crippen LogP contribution < -0.4 is 10.6 Å². The molecular weight excluding hydrogens is 530 g/mol. The maximum absolute atomic E-state index is 13.1. The average molecular weight is 568 g/mol. The van der Waals surface area contributed by atoms with E-state index in [9.17, 15) is 14.4 Å². The quantitative estimate of drug-likeness (QED) is 0.199. The van der Waals surface area contributed by atoms with Crippen molar-refractivity contribution < 1.29 is 18.8 Å². The van der Waals surface area contributed by atoms with Crippen molar-refractivity contribution in [2.45, 2.75) is 52.4 Å². The number of aryl methyl sites for hydroxylation is 1. The minimum absolute atomic E-state index is 0.0738. The SMILES string of the molecule is Cc1ccc(-n2nc(C(C)(C)C)cc2NC(=O)Nc2cccc(CC3CCN(C(=O)C(=O)c4ccco4)CC3)c2)cc1. The van der Waals surface area contributed by atoms with Gasteiger partial charge in [-0.3, -0.25) is 14.9 Å². The van der Waals surface area contributed by atoms with Gasteiger partial charge in [0.25, 0.3) is 11.7 Å². The molecule has 3 amide bonds. The largest absolute Gasteiger partial charge is 0.461 e. The molecule has 3 heterocycles. The summed E-state index contributed by atoms with van der Waals surface area (Å²) in [5.74, 6) is -0.0866. The van der Waals surface area contributed by atoms with E-state index in [-0.39, 0.29) is 17.2 Å². The van der Waals surface area contributed by atoms with Crippen LogP contribution in [0.4, 0.5) is 16.3 Å². The average Bonchev–Trinajstić information content (AvgIpc) is 3.64. The number of furan rings is 1. The molecule has 9 heteroatoms. The van der Waals surface area contributed by atoms with E-state index < -0.39 is 11.7 Å². The van der Waals surface area contributed by atoms with Crippen LogP contribution in [0.3, 0.4) is 0 Å². The molecule has 4 aromatic rings. The lowest BCUT2D eigenvalue weighted by atomic mass is 9.90. The van der Waals surface area contributed by atoms with Crippen LogP contribution in [0.15, 0.2) is 77.4 Å². The van der Waals surface area contributed by atoms with Gasteiger partial charge in [0.05, 0.1) is 17.6 Å². The van der Waals surface area contributed by atoms with Crippen molar-refractivity contribution in [2.75, 3.05) is 23.7 Å². The summed E-state index contributed by atoms with van der Waals surface area (Å²) in [5.41, 5.74) is 4.50. The van der Waals surface area contributed by atoms with Gasteiger partial charge in [0.2, 0.25) is 0 Å². The fraction of sp³-hybridized carbons (Fsp3) is 0.333. The number of rotatable bonds is 7. The van der Waals surface area contributed by atoms with Gasteiger partial charge >= 0.3 is 6.03 Å². The third-order valence-electron chi connectivity index (χ3n) is 7.55. The molecule has 0 spiro atoms. The first-order valence-electron chi connectivity index (χ1n) is 14.3. The molecule has 0 aliphatic carbocycles. The number of piperidine rings is 1. The number of aromatic nitrogens is 2. The van der Waals surface area contributed by atoms with Crippen molar-refractivity contribution in [2.24, 2.45) is 5.92 Å². The molecule has 0 radical (unpaired) electrons. The van der Waals surface area contributed by atoms with Crippen molar-refractivity contribution in [1.29, 1.82) is 0 Å². The molecular formula is C33H37N5O4. The fourth-order valence-electron chi connectivity index (χ4n) is 5.10. The summed E-state index contributed by atoms with van der Waals surface area (Å²) in [6.45, 7) is 9.36. The van der Waals surface area contributed by atoms with Crippen molar-refractivity contribution in [3.8, 4) is 5.69 Å². The van der Waals surface area contributed by atoms with Crippen LogP contribution in [-0.2, 0) is 16.6 Å². The van der Waals surface area contributed by atoms with Crippen molar-refractivity contribution in [1.82, 2.24) is 14.7 Å². The van der Waals surface area contributed by atoms with Gasteiger partial charge in [-0.05, 0) is 74.1 Å². The van der Waals surface area contributed by atoms with Crippen LogP contribution in [-0.4, -0.2) is 45.5 Å². The molecule has 0 atom stereocenters. The van der Waals surface area contributed by atoms with E-state index in [1.54, 1.807) is 15.6 Å². The molecule has 5 rings (SSSR count). The Labute approximate surface area is 245 Å². The van der Waals surface area contributed by atoms with Crippen LogP contribution >= 0.6 is 0 Å². The third kappa shape index (κ3) is 6.79. The summed E-state index contributed by atoms with van der Waals surface area (Å²) in [6.07, 6.45) is 3.81. The predicted octanol–water partition coefficient (Wildman–Crippen LogP) is 6.38. The molecule has 218 valence electrons. The zero-order valence-corrected chi connectivity index (χ0v) is 24.5. The van der Waals surface area contributed by atoms with E-state index in [0.29, 0.717) is 30.5 Å². The van der Waals surface area contributed by atoms with E-state index in [4.69, 9.17) is 9.52 Å². The summed E-state index contributed by atoms with van der Waals surface area (Å²) in [6, 6.07) is 20.5. The topological polar surface area (TPSA) is 109 Å². The van der Waals surface area contributed by atoms with Gasteiger partial charge < -0.3 is 14.6 Å². The number of carbonyl (C=O) groups is 3. The first-order chi connectivity index (χ1) is 20.1. The van der Waals surface area contributed by atoms with Gasteiger partial charge in [0.15, 0.2) is 5.76 Å². The summed E-state index contributed by atoms with van der Waals surface area (Å²) >= 11 is 0. The van der Waals surface area contributed by atoms with Gasteiger partial charge in [-0.1, -0.05) is 50.6 Å². The fourth-order valence-corrected chi connectivity index (χ4v) is 5.10. The molecule has 0 unspecified atom stereocenters. The molecule has 0 saturated carbocycles. The Kier molecular flexibility index (Phi) is 8.29. The molecule has 1 aliphatic heterocycles. The summed E-state index contributed by atoms with van der Waals surface area (Å²) in [7, 11) is 0. The lowest BCUT2D eigenvalue weighted by Gasteiger charge is -2.31. The number of amides is 3. The number of likely N-dealkylation sites (tertiary alicyclic amines) is 1. The first-order valence-corrected chi connectivity index (χ1v) is 14.3. The van der Waals surface area contributed by atoms with Crippen molar-refractivity contribution >= 4 is 29.2 Å². The van der Waals surface area contributed by atoms with Gasteiger partial charge in [0, 0.05) is 30.3 Å². The lowest BCUT2D eigenvalue weighted by molar-refractivity contribution is -0.127. The lowest BCUT2D eigenvalue weighted by Crippen LogP contribution is -2.42. The minimum atomic E-state index is -0.605. The van der Waals surface area contributed by atoms with E-state index in [2.05, 4.69) is 31.4 Å². The molecule has 2 N–H and O–H groups in total. The second-order valence-electron chi connectivity index (χ2n) is 11.9. The summed E-state index contributed by atoms with van der Waals surface area (Å²) in [4.78, 5) is 39.6. The van der Waals surface area contributed by atoms with Gasteiger partial charge in [-0.2, -0.15) is 5.10 Å². The molecule has 2 aromatic heterocycles. The number of hydrogen-bond acceptors (Lipinski definition) is 5. The molecule has 1 aliphatic rings. The summed E-state index contributed by atoms with van der Waals surface area (Å²) < 4.78 is 6.85. The Hall–Kier alpha value is -4.66. The number of urea groups is 1. The smallest absolute Gasteiger partial charge is 0.324 e. The normalized spacial score (nSPS) is 14.0. The number of Topliss-reactive ketones (excluding diaryl/α,β-unsaturated/α-hetero) is 1. The second kappa shape index (κ2) is 12.1. The highest BCUT2D eigenvalue weighted by Gasteiger charge is 2.29. The number of nitrogens with one attached hydrogen (secondary N) is 2. The van der Waals surface area contributed by atoms with Crippen LogP contribution in [0.2, 0.25) is 0 Å². The molecule has 0 bridgehead atoms. The zero-order chi connectivity index (χ0) is 29.9. The second-order valence-corrected chi connectivity index (χ2v) is 11.9. The van der Waals surface area contributed by atoms with E-state index in [0.717, 1.165) is 41.8 Å². The maximum Gasteiger partial charge on any atom is 0.324 e. The maximum atomic E-state index is 13.1. The van der Waals surface area contributed by atoms with Gasteiger partial charge in [-0.25, -0.2) is 9.48 Å². The molecule has 1 saturated heterocycles. The highest BCUT2D eigenvalue weighted by Crippen LogP contribution is 2.27. The number of anilines is 2. The van der Waals surface area contributed by atoms with Crippen molar-refractivity contribution in [3.63, 3.8) is 0 Å². The van der Waals surface area contributed by atoms with Crippen LogP contribution in [0.25, 0.3) is 5.69 Å². The first kappa shape index (κ1) is 28.9. The van der Waals surface area contributed by atoms with Crippen LogP contribution in [0.1, 0.15) is 61.0 Å². The zero-order valence-electron chi connectivity index (χ0n) is 24.5. The molecule has 2 aromatic carbocycles. The Balaban J connectivity index is 1.19. The van der Waals surface area contributed by atoms with E-state index in [1.807, 2.05) is 61.5 Å². The molecule has 9 nitrogen and oxygen atoms in total. The number of nitrogens with zero attached hydrogens (tertiary/aromatic N) is 3. The Morgan fingerprint density at radius 3 is 2.36 bits per heavy atom. The Morgan fingerprint density at radius 1 is 0.952 bits per heavy atom. The number of ketones is 1. The van der Waals surface area contributed by atoms with E-state index >= 15 is 0 Å². The predicted molar refractivity (Wildman–Crippen MR) is 162 cm³/mol. The number of benzene rings is 2. The monoisotopic (exact) mass is 567 g/mol. The third-order valence-corrected chi connectivity index (χ3v) is 7.55.